The number of benzene rings is 1. The standard InChI is InChI=1S/C12H13F3NO2/c13-12(14,15)10-5-3-4-9(8-10)11(17)6-1-2-7-16(11)18/h3-5,8,17H,1-2,6-7H2/q-1. The summed E-state index contributed by atoms with van der Waals surface area (Å²) in [6.45, 7) is 0.132. The van der Waals surface area contributed by atoms with Crippen molar-refractivity contribution in [3.63, 3.8) is 0 Å². The smallest absolute Gasteiger partial charge is 0.416 e. The Morgan fingerprint density at radius 3 is 2.61 bits per heavy atom. The van der Waals surface area contributed by atoms with Crippen LogP contribution in [0.1, 0.15) is 30.4 Å². The van der Waals surface area contributed by atoms with E-state index >= 15 is 0 Å². The van der Waals surface area contributed by atoms with Crippen molar-refractivity contribution in [2.45, 2.75) is 31.2 Å². The highest BCUT2D eigenvalue weighted by Crippen LogP contribution is 2.37. The molecule has 0 radical (unpaired) electrons. The van der Waals surface area contributed by atoms with Crippen molar-refractivity contribution < 1.29 is 18.3 Å². The van der Waals surface area contributed by atoms with Crippen LogP contribution in [0, 0.1) is 5.21 Å². The van der Waals surface area contributed by atoms with Gasteiger partial charge >= 0.3 is 6.18 Å². The van der Waals surface area contributed by atoms with Crippen LogP contribution in [-0.4, -0.2) is 16.7 Å². The lowest BCUT2D eigenvalue weighted by Gasteiger charge is -2.48. The first kappa shape index (κ1) is 13.3. The minimum absolute atomic E-state index is 0.00650. The second-order valence-corrected chi connectivity index (χ2v) is 4.45. The molecule has 1 N–H and O–H groups in total. The first-order valence-corrected chi connectivity index (χ1v) is 5.69. The van der Waals surface area contributed by atoms with Gasteiger partial charge in [0, 0.05) is 0 Å². The molecule has 6 heteroatoms. The molecule has 2 rings (SSSR count). The molecule has 18 heavy (non-hydrogen) atoms. The number of halogens is 3. The first-order valence-electron chi connectivity index (χ1n) is 5.69. The van der Waals surface area contributed by atoms with E-state index in [1.54, 1.807) is 0 Å². The maximum absolute atomic E-state index is 12.6. The number of nitrogens with zero attached hydrogens (tertiary/aromatic N) is 1. The molecule has 0 aliphatic carbocycles. The molecule has 100 valence electrons. The monoisotopic (exact) mass is 260 g/mol. The van der Waals surface area contributed by atoms with E-state index in [0.717, 1.165) is 12.1 Å². The maximum atomic E-state index is 12.6. The number of hydroxylamine groups is 2. The average Bonchev–Trinajstić information content (AvgIpc) is 2.32. The van der Waals surface area contributed by atoms with Crippen LogP contribution in [0.25, 0.3) is 0 Å². The molecule has 0 saturated carbocycles. The van der Waals surface area contributed by atoms with E-state index in [1.807, 2.05) is 0 Å². The fourth-order valence-electron chi connectivity index (χ4n) is 2.17. The van der Waals surface area contributed by atoms with Crippen LogP contribution in [0.4, 0.5) is 13.2 Å². The minimum atomic E-state index is -4.48. The van der Waals surface area contributed by atoms with Crippen LogP contribution < -0.4 is 0 Å². The molecule has 1 aromatic carbocycles. The van der Waals surface area contributed by atoms with E-state index in [9.17, 15) is 23.5 Å². The molecule has 1 unspecified atom stereocenters. The molecule has 1 aromatic rings. The molecule has 1 saturated heterocycles. The lowest BCUT2D eigenvalue weighted by atomic mass is 9.92. The topological polar surface area (TPSA) is 46.5 Å². The summed E-state index contributed by atoms with van der Waals surface area (Å²) >= 11 is 0. The molecule has 0 amide bonds. The number of piperidine rings is 1. The molecule has 1 atom stereocenters. The Morgan fingerprint density at radius 2 is 2.00 bits per heavy atom. The Labute approximate surface area is 102 Å². The Bertz CT molecular complexity index is 436. The second kappa shape index (κ2) is 4.53. The van der Waals surface area contributed by atoms with E-state index in [0.29, 0.717) is 17.9 Å². The number of aliphatic hydroxyl groups is 1. The number of rotatable bonds is 1. The largest absolute Gasteiger partial charge is 0.783 e. The predicted octanol–water partition coefficient (Wildman–Crippen LogP) is 2.83. The van der Waals surface area contributed by atoms with Gasteiger partial charge in [0.25, 0.3) is 0 Å². The number of hydrogen-bond donors (Lipinski definition) is 1. The second-order valence-electron chi connectivity index (χ2n) is 4.45. The molecular weight excluding hydrogens is 247 g/mol. The van der Waals surface area contributed by atoms with Gasteiger partial charge in [0.1, 0.15) is 5.72 Å². The van der Waals surface area contributed by atoms with Crippen molar-refractivity contribution in [3.8, 4) is 0 Å². The van der Waals surface area contributed by atoms with Crippen molar-refractivity contribution in [2.75, 3.05) is 6.54 Å². The van der Waals surface area contributed by atoms with E-state index in [2.05, 4.69) is 0 Å². The third-order valence-electron chi connectivity index (χ3n) is 3.20. The van der Waals surface area contributed by atoms with Gasteiger partial charge in [-0.25, -0.2) is 0 Å². The van der Waals surface area contributed by atoms with E-state index in [4.69, 9.17) is 0 Å². The number of alkyl halides is 3. The van der Waals surface area contributed by atoms with Crippen molar-refractivity contribution in [2.24, 2.45) is 0 Å². The van der Waals surface area contributed by atoms with Gasteiger partial charge in [-0.2, -0.15) is 13.2 Å². The third kappa shape index (κ3) is 2.36. The van der Waals surface area contributed by atoms with E-state index in [1.165, 1.54) is 12.1 Å². The van der Waals surface area contributed by atoms with Crippen LogP contribution >= 0.6 is 0 Å². The van der Waals surface area contributed by atoms with Gasteiger partial charge in [-0.15, -0.1) is 0 Å². The van der Waals surface area contributed by atoms with Crippen molar-refractivity contribution >= 4 is 0 Å². The fraction of sp³-hybridized carbons (Fsp3) is 0.500. The zero-order valence-electron chi connectivity index (χ0n) is 9.57. The normalized spacial score (nSPS) is 26.3. The summed E-state index contributed by atoms with van der Waals surface area (Å²) in [6, 6.07) is 4.32. The highest BCUT2D eigenvalue weighted by molar-refractivity contribution is 5.30. The Hall–Kier alpha value is -1.11. The summed E-state index contributed by atoms with van der Waals surface area (Å²) in [5.41, 5.74) is -2.68. The SMILES string of the molecule is [O-]N1CCCCC1(O)c1cccc(C(F)(F)F)c1. The molecule has 0 aromatic heterocycles. The predicted molar refractivity (Wildman–Crippen MR) is 59.3 cm³/mol. The van der Waals surface area contributed by atoms with Crippen molar-refractivity contribution in [1.82, 2.24) is 5.06 Å². The first-order chi connectivity index (χ1) is 8.34. The summed E-state index contributed by atoms with van der Waals surface area (Å²) in [6.07, 6.45) is -3.07. The third-order valence-corrected chi connectivity index (χ3v) is 3.20. The molecular formula is C12H13F3NO2-. The Balaban J connectivity index is 2.38. The highest BCUT2D eigenvalue weighted by atomic mass is 19.4. The lowest BCUT2D eigenvalue weighted by molar-refractivity contribution is -0.138. The zero-order chi connectivity index (χ0) is 13.4. The molecule has 1 fully saturated rings. The quantitative estimate of drug-likeness (QED) is 0.844. The maximum Gasteiger partial charge on any atom is 0.416 e. The van der Waals surface area contributed by atoms with Gasteiger partial charge in [-0.3, -0.25) is 0 Å². The van der Waals surface area contributed by atoms with Gasteiger partial charge in [0.05, 0.1) is 5.56 Å². The summed E-state index contributed by atoms with van der Waals surface area (Å²) in [7, 11) is 0. The lowest BCUT2D eigenvalue weighted by Crippen LogP contribution is -2.46. The molecule has 0 spiro atoms. The molecule has 1 heterocycles. The zero-order valence-corrected chi connectivity index (χ0v) is 9.57. The summed E-state index contributed by atoms with van der Waals surface area (Å²) in [4.78, 5) is 0. The average molecular weight is 260 g/mol. The summed E-state index contributed by atoms with van der Waals surface area (Å²) in [5.74, 6) is 0. The molecule has 3 nitrogen and oxygen atoms in total. The van der Waals surface area contributed by atoms with Gasteiger partial charge in [-0.1, -0.05) is 12.1 Å². The van der Waals surface area contributed by atoms with E-state index in [-0.39, 0.29) is 18.5 Å². The van der Waals surface area contributed by atoms with Gasteiger partial charge in [0.2, 0.25) is 0 Å². The van der Waals surface area contributed by atoms with Crippen LogP contribution in [0.15, 0.2) is 24.3 Å². The molecule has 1 aliphatic heterocycles. The van der Waals surface area contributed by atoms with E-state index < -0.39 is 17.5 Å². The van der Waals surface area contributed by atoms with Crippen LogP contribution in [0.3, 0.4) is 0 Å². The van der Waals surface area contributed by atoms with Crippen LogP contribution in [0.5, 0.6) is 0 Å². The van der Waals surface area contributed by atoms with Crippen LogP contribution in [0.2, 0.25) is 0 Å². The minimum Gasteiger partial charge on any atom is -0.783 e. The van der Waals surface area contributed by atoms with Crippen molar-refractivity contribution in [1.29, 1.82) is 0 Å². The fourth-order valence-corrected chi connectivity index (χ4v) is 2.17. The Kier molecular flexibility index (Phi) is 3.35. The van der Waals surface area contributed by atoms with Crippen molar-refractivity contribution in [3.05, 3.63) is 40.6 Å². The highest BCUT2D eigenvalue weighted by Gasteiger charge is 2.36. The van der Waals surface area contributed by atoms with Gasteiger partial charge in [-0.05, 0) is 43.5 Å². The summed E-state index contributed by atoms with van der Waals surface area (Å²) < 4.78 is 37.8. The van der Waals surface area contributed by atoms with Gasteiger partial charge in [0.15, 0.2) is 0 Å². The summed E-state index contributed by atoms with van der Waals surface area (Å²) in [5, 5.41) is 22.4. The van der Waals surface area contributed by atoms with Crippen LogP contribution in [-0.2, 0) is 11.9 Å². The number of hydrogen-bond acceptors (Lipinski definition) is 3. The molecule has 0 bridgehead atoms. The van der Waals surface area contributed by atoms with Gasteiger partial charge < -0.3 is 15.4 Å². The molecule has 1 aliphatic rings. The Morgan fingerprint density at radius 1 is 1.28 bits per heavy atom.